The van der Waals surface area contributed by atoms with Gasteiger partial charge in [-0.05, 0) is 25.2 Å². The Balaban J connectivity index is 2.15. The van der Waals surface area contributed by atoms with Gasteiger partial charge in [0.2, 0.25) is 11.8 Å². The molecular weight excluding hydrogens is 352 g/mol. The molecule has 0 saturated carbocycles. The van der Waals surface area contributed by atoms with E-state index in [1.165, 1.54) is 0 Å². The van der Waals surface area contributed by atoms with Crippen molar-refractivity contribution in [3.63, 3.8) is 0 Å². The number of imide groups is 2. The zero-order valence-electron chi connectivity index (χ0n) is 15.4. The number of urea groups is 1. The van der Waals surface area contributed by atoms with Gasteiger partial charge in [0.15, 0.2) is 0 Å². The van der Waals surface area contributed by atoms with E-state index in [1.54, 1.807) is 18.4 Å². The highest BCUT2D eigenvalue weighted by Gasteiger charge is 2.49. The summed E-state index contributed by atoms with van der Waals surface area (Å²) in [5.74, 6) is -3.13. The van der Waals surface area contributed by atoms with Crippen molar-refractivity contribution in [2.24, 2.45) is 11.8 Å². The van der Waals surface area contributed by atoms with Crippen LogP contribution in [0.15, 0.2) is 12.2 Å². The summed E-state index contributed by atoms with van der Waals surface area (Å²) in [6.07, 6.45) is 6.14. The molecule has 9 nitrogen and oxygen atoms in total. The van der Waals surface area contributed by atoms with Gasteiger partial charge in [-0.1, -0.05) is 12.2 Å². The summed E-state index contributed by atoms with van der Waals surface area (Å²) in [7, 11) is 0. The molecule has 0 radical (unpaired) electrons. The molecule has 146 valence electrons. The molecule has 3 rings (SSSR count). The van der Waals surface area contributed by atoms with Gasteiger partial charge < -0.3 is 10.3 Å². The highest BCUT2D eigenvalue weighted by atomic mass is 16.5. The van der Waals surface area contributed by atoms with E-state index in [9.17, 15) is 24.7 Å². The monoisotopic (exact) mass is 376 g/mol. The van der Waals surface area contributed by atoms with Gasteiger partial charge in [0, 0.05) is 13.8 Å². The summed E-state index contributed by atoms with van der Waals surface area (Å²) in [4.78, 5) is 36.6. The molecule has 0 spiro atoms. The first-order valence-electron chi connectivity index (χ1n) is 9.07. The van der Waals surface area contributed by atoms with Gasteiger partial charge in [0.1, 0.15) is 23.9 Å². The van der Waals surface area contributed by atoms with E-state index >= 15 is 0 Å². The third-order valence-electron chi connectivity index (χ3n) is 5.55. The Labute approximate surface area is 156 Å². The smallest absolute Gasteiger partial charge is 0.328 e. The van der Waals surface area contributed by atoms with Crippen LogP contribution in [0.1, 0.15) is 42.4 Å². The molecule has 1 aromatic rings. The number of aliphatic hydroxyl groups excluding tert-OH is 1. The van der Waals surface area contributed by atoms with Crippen LogP contribution in [0.2, 0.25) is 0 Å². The lowest BCUT2D eigenvalue weighted by Gasteiger charge is -2.33. The first kappa shape index (κ1) is 19.1. The van der Waals surface area contributed by atoms with Gasteiger partial charge in [-0.15, -0.1) is 0 Å². The van der Waals surface area contributed by atoms with Crippen molar-refractivity contribution in [3.8, 4) is 0 Å². The summed E-state index contributed by atoms with van der Waals surface area (Å²) in [6.45, 7) is 3.44. The maximum absolute atomic E-state index is 13.0. The SMILES string of the molecule is Cc1c(C)[n+]([O-])c([C@H](C2C(=O)NC(=O)NC2=O)[C@@H]2CC=CCC2)n1CCO. The number of rotatable bonds is 5. The average molecular weight is 376 g/mol. The molecule has 2 atom stereocenters. The molecule has 27 heavy (non-hydrogen) atoms. The topological polar surface area (TPSA) is 127 Å². The van der Waals surface area contributed by atoms with Crippen LogP contribution >= 0.6 is 0 Å². The third-order valence-corrected chi connectivity index (χ3v) is 5.55. The molecule has 4 amide bonds. The number of carbonyl (C=O) groups excluding carboxylic acids is 3. The lowest BCUT2D eigenvalue weighted by molar-refractivity contribution is -0.622. The molecule has 2 heterocycles. The van der Waals surface area contributed by atoms with Crippen LogP contribution in [0.4, 0.5) is 4.79 Å². The van der Waals surface area contributed by atoms with Crippen molar-refractivity contribution in [2.45, 2.75) is 45.6 Å². The lowest BCUT2D eigenvalue weighted by Crippen LogP contribution is -2.59. The van der Waals surface area contributed by atoms with E-state index in [0.29, 0.717) is 24.2 Å². The Morgan fingerprint density at radius 1 is 1.26 bits per heavy atom. The molecule has 1 aliphatic heterocycles. The van der Waals surface area contributed by atoms with Crippen molar-refractivity contribution in [1.82, 2.24) is 15.2 Å². The highest BCUT2D eigenvalue weighted by Crippen LogP contribution is 2.39. The summed E-state index contributed by atoms with van der Waals surface area (Å²) < 4.78 is 2.44. The molecule has 9 heteroatoms. The quantitative estimate of drug-likeness (QED) is 0.292. The number of allylic oxidation sites excluding steroid dienone is 2. The Bertz CT molecular complexity index is 793. The predicted molar refractivity (Wildman–Crippen MR) is 94.3 cm³/mol. The van der Waals surface area contributed by atoms with Crippen molar-refractivity contribution >= 4 is 17.8 Å². The number of hydrogen-bond acceptors (Lipinski definition) is 5. The minimum Gasteiger partial charge on any atom is -0.711 e. The summed E-state index contributed by atoms with van der Waals surface area (Å²) in [5, 5.41) is 26.7. The second-order valence-electron chi connectivity index (χ2n) is 7.05. The second-order valence-corrected chi connectivity index (χ2v) is 7.05. The highest BCUT2D eigenvalue weighted by molar-refractivity contribution is 6.16. The van der Waals surface area contributed by atoms with Crippen LogP contribution in [-0.4, -0.2) is 34.1 Å². The molecule has 3 N–H and O–H groups in total. The second kappa shape index (κ2) is 7.51. The van der Waals surface area contributed by atoms with Crippen LogP contribution in [-0.2, 0) is 16.1 Å². The fourth-order valence-corrected chi connectivity index (χ4v) is 4.12. The number of imidazole rings is 1. The first-order valence-corrected chi connectivity index (χ1v) is 9.07. The normalized spacial score (nSPS) is 21.9. The van der Waals surface area contributed by atoms with Crippen LogP contribution in [0.5, 0.6) is 0 Å². The fraction of sp³-hybridized carbons (Fsp3) is 0.556. The maximum atomic E-state index is 13.0. The summed E-state index contributed by atoms with van der Waals surface area (Å²) in [5.41, 5.74) is 1.14. The van der Waals surface area contributed by atoms with Crippen LogP contribution in [0, 0.1) is 30.9 Å². The molecule has 2 aliphatic rings. The summed E-state index contributed by atoms with van der Waals surface area (Å²) >= 11 is 0. The van der Waals surface area contributed by atoms with Crippen LogP contribution in [0.3, 0.4) is 0 Å². The van der Waals surface area contributed by atoms with Crippen LogP contribution < -0.4 is 15.4 Å². The Morgan fingerprint density at radius 3 is 2.48 bits per heavy atom. The van der Waals surface area contributed by atoms with E-state index in [1.807, 2.05) is 12.2 Å². The molecule has 1 fully saturated rings. The largest absolute Gasteiger partial charge is 0.711 e. The van der Waals surface area contributed by atoms with Gasteiger partial charge in [-0.25, -0.2) is 14.1 Å². The van der Waals surface area contributed by atoms with E-state index in [4.69, 9.17) is 0 Å². The number of nitrogens with one attached hydrogen (secondary N) is 2. The predicted octanol–water partition coefficient (Wildman–Crippen LogP) is 0.153. The number of carbonyl (C=O) groups is 3. The zero-order chi connectivity index (χ0) is 19.7. The number of amides is 4. The average Bonchev–Trinajstić information content (AvgIpc) is 2.83. The van der Waals surface area contributed by atoms with Gasteiger partial charge in [0.05, 0.1) is 12.5 Å². The molecule has 1 aromatic heterocycles. The van der Waals surface area contributed by atoms with Gasteiger partial charge in [0.25, 0.3) is 5.82 Å². The van der Waals surface area contributed by atoms with Gasteiger partial charge in [-0.2, -0.15) is 0 Å². The number of barbiturate groups is 1. The Hall–Kier alpha value is -2.68. The van der Waals surface area contributed by atoms with Gasteiger partial charge in [-0.3, -0.25) is 20.2 Å². The number of nitrogens with zero attached hydrogens (tertiary/aromatic N) is 2. The van der Waals surface area contributed by atoms with Crippen molar-refractivity contribution in [2.75, 3.05) is 6.61 Å². The molecule has 0 bridgehead atoms. The minimum absolute atomic E-state index is 0.115. The van der Waals surface area contributed by atoms with Gasteiger partial charge >= 0.3 is 6.03 Å². The molecular formula is C18H24N4O5. The van der Waals surface area contributed by atoms with E-state index in [2.05, 4.69) is 10.6 Å². The van der Waals surface area contributed by atoms with E-state index < -0.39 is 29.7 Å². The summed E-state index contributed by atoms with van der Waals surface area (Å²) in [6, 6.07) is -0.850. The zero-order valence-corrected chi connectivity index (χ0v) is 15.4. The van der Waals surface area contributed by atoms with Crippen molar-refractivity contribution in [3.05, 3.63) is 34.6 Å². The van der Waals surface area contributed by atoms with E-state index in [0.717, 1.165) is 11.2 Å². The minimum atomic E-state index is -1.19. The Morgan fingerprint density at radius 2 is 1.93 bits per heavy atom. The molecule has 1 saturated heterocycles. The van der Waals surface area contributed by atoms with Crippen molar-refractivity contribution < 1.29 is 24.2 Å². The Kier molecular flexibility index (Phi) is 5.31. The van der Waals surface area contributed by atoms with Crippen LogP contribution in [0.25, 0.3) is 0 Å². The van der Waals surface area contributed by atoms with E-state index in [-0.39, 0.29) is 24.9 Å². The molecule has 0 unspecified atom stereocenters. The maximum Gasteiger partial charge on any atom is 0.328 e. The number of aromatic nitrogens is 2. The molecule has 1 aliphatic carbocycles. The third kappa shape index (κ3) is 3.34. The first-order chi connectivity index (χ1) is 12.9. The fourth-order valence-electron chi connectivity index (χ4n) is 4.12. The standard InChI is InChI=1S/C18H24N4O5/c1-10-11(2)22(27)17(21(10)8-9-23)13(12-6-4-3-5-7-12)14-15(24)19-18(26)20-16(14)25/h3-4,12-14,23H,5-9H2,1-2H3,(H2,19,20,24,25,26)/t12-,13+/m1/s1. The van der Waals surface area contributed by atoms with Crippen molar-refractivity contribution in [1.29, 1.82) is 0 Å². The number of aliphatic hydroxyl groups is 1. The number of hydrogen-bond donors (Lipinski definition) is 3. The lowest BCUT2D eigenvalue weighted by atomic mass is 9.74. The molecule has 0 aromatic carbocycles.